The van der Waals surface area contributed by atoms with Crippen LogP contribution < -0.4 is 5.32 Å². The zero-order chi connectivity index (χ0) is 16.4. The van der Waals surface area contributed by atoms with Gasteiger partial charge in [-0.3, -0.25) is 4.40 Å². The van der Waals surface area contributed by atoms with Crippen molar-refractivity contribution in [1.82, 2.24) is 9.38 Å². The van der Waals surface area contributed by atoms with Gasteiger partial charge in [0.1, 0.15) is 17.2 Å². The Kier molecular flexibility index (Phi) is 3.75. The number of nitrogens with zero attached hydrogens (tertiary/aromatic N) is 2. The minimum absolute atomic E-state index is 0.766. The van der Waals surface area contributed by atoms with Crippen LogP contribution in [0.1, 0.15) is 11.1 Å². The van der Waals surface area contributed by atoms with E-state index in [1.807, 2.05) is 24.3 Å². The quantitative estimate of drug-likeness (QED) is 0.579. The molecule has 0 amide bonds. The Morgan fingerprint density at radius 3 is 2.38 bits per heavy atom. The van der Waals surface area contributed by atoms with Gasteiger partial charge in [-0.25, -0.2) is 4.98 Å². The SMILES string of the molecule is Cc1ccn2c(NCc3ccccc3)c(-c3ccccc3)nc2c1. The van der Waals surface area contributed by atoms with Gasteiger partial charge in [0.05, 0.1) is 0 Å². The molecule has 0 radical (unpaired) electrons. The highest BCUT2D eigenvalue weighted by Crippen LogP contribution is 2.29. The lowest BCUT2D eigenvalue weighted by Crippen LogP contribution is -2.03. The molecule has 0 aliphatic carbocycles. The highest BCUT2D eigenvalue weighted by atomic mass is 15.1. The minimum atomic E-state index is 0.766. The van der Waals surface area contributed by atoms with Crippen LogP contribution in [-0.2, 0) is 6.54 Å². The van der Waals surface area contributed by atoms with Gasteiger partial charge in [-0.15, -0.1) is 0 Å². The van der Waals surface area contributed by atoms with E-state index in [1.165, 1.54) is 11.1 Å². The van der Waals surface area contributed by atoms with Crippen LogP contribution in [0.4, 0.5) is 5.82 Å². The third kappa shape index (κ3) is 2.76. The lowest BCUT2D eigenvalue weighted by atomic mass is 10.1. The molecule has 0 saturated heterocycles. The first kappa shape index (κ1) is 14.5. The fraction of sp³-hybridized carbons (Fsp3) is 0.0952. The van der Waals surface area contributed by atoms with E-state index in [2.05, 4.69) is 71.4 Å². The molecule has 0 saturated carbocycles. The zero-order valence-corrected chi connectivity index (χ0v) is 13.6. The molecule has 0 atom stereocenters. The second-order valence-electron chi connectivity index (χ2n) is 5.95. The lowest BCUT2D eigenvalue weighted by Gasteiger charge is -2.09. The molecule has 4 aromatic rings. The molecule has 0 fully saturated rings. The molecule has 0 aliphatic rings. The number of rotatable bonds is 4. The summed E-state index contributed by atoms with van der Waals surface area (Å²) in [6, 6.07) is 25.0. The third-order valence-electron chi connectivity index (χ3n) is 4.13. The van der Waals surface area contributed by atoms with Crippen LogP contribution in [0.3, 0.4) is 0 Å². The molecule has 1 N–H and O–H groups in total. The van der Waals surface area contributed by atoms with Crippen LogP contribution in [-0.4, -0.2) is 9.38 Å². The summed E-state index contributed by atoms with van der Waals surface area (Å²) in [4.78, 5) is 4.86. The largest absolute Gasteiger partial charge is 0.365 e. The first-order valence-corrected chi connectivity index (χ1v) is 8.13. The Morgan fingerprint density at radius 2 is 1.62 bits per heavy atom. The fourth-order valence-electron chi connectivity index (χ4n) is 2.89. The van der Waals surface area contributed by atoms with Crippen molar-refractivity contribution < 1.29 is 0 Å². The van der Waals surface area contributed by atoms with E-state index in [0.29, 0.717) is 0 Å². The van der Waals surface area contributed by atoms with Crippen molar-refractivity contribution >= 4 is 11.5 Å². The van der Waals surface area contributed by atoms with Gasteiger partial charge in [0.25, 0.3) is 0 Å². The lowest BCUT2D eigenvalue weighted by molar-refractivity contribution is 1.08. The molecule has 0 spiro atoms. The molecule has 3 heteroatoms. The van der Waals surface area contributed by atoms with Crippen LogP contribution in [0.2, 0.25) is 0 Å². The first-order chi connectivity index (χ1) is 11.8. The summed E-state index contributed by atoms with van der Waals surface area (Å²) in [6.45, 7) is 2.86. The number of pyridine rings is 1. The molecule has 2 heterocycles. The summed E-state index contributed by atoms with van der Waals surface area (Å²) in [7, 11) is 0. The van der Waals surface area contributed by atoms with Crippen molar-refractivity contribution in [2.45, 2.75) is 13.5 Å². The van der Waals surface area contributed by atoms with Crippen LogP contribution in [0.5, 0.6) is 0 Å². The van der Waals surface area contributed by atoms with Gasteiger partial charge in [0, 0.05) is 18.3 Å². The number of aromatic nitrogens is 2. The van der Waals surface area contributed by atoms with Gasteiger partial charge in [-0.1, -0.05) is 60.7 Å². The maximum absolute atomic E-state index is 4.86. The van der Waals surface area contributed by atoms with Crippen molar-refractivity contribution in [3.8, 4) is 11.3 Å². The molecule has 2 aromatic carbocycles. The van der Waals surface area contributed by atoms with Crippen molar-refractivity contribution in [2.24, 2.45) is 0 Å². The van der Waals surface area contributed by atoms with Gasteiger partial charge >= 0.3 is 0 Å². The normalized spacial score (nSPS) is 10.9. The number of fused-ring (bicyclic) bond motifs is 1. The number of benzene rings is 2. The summed E-state index contributed by atoms with van der Waals surface area (Å²) in [5.41, 5.74) is 5.52. The smallest absolute Gasteiger partial charge is 0.139 e. The number of hydrogen-bond acceptors (Lipinski definition) is 2. The molecule has 24 heavy (non-hydrogen) atoms. The Morgan fingerprint density at radius 1 is 0.917 bits per heavy atom. The first-order valence-electron chi connectivity index (χ1n) is 8.13. The Balaban J connectivity index is 1.79. The van der Waals surface area contributed by atoms with E-state index in [1.54, 1.807) is 0 Å². The van der Waals surface area contributed by atoms with Crippen molar-refractivity contribution in [2.75, 3.05) is 5.32 Å². The number of anilines is 1. The Labute approximate surface area is 141 Å². The van der Waals surface area contributed by atoms with Gasteiger partial charge in [0.2, 0.25) is 0 Å². The van der Waals surface area contributed by atoms with Gasteiger partial charge in [-0.05, 0) is 30.2 Å². The molecular weight excluding hydrogens is 294 g/mol. The van der Waals surface area contributed by atoms with Gasteiger partial charge < -0.3 is 5.32 Å². The van der Waals surface area contributed by atoms with Crippen LogP contribution in [0, 0.1) is 6.92 Å². The average molecular weight is 313 g/mol. The maximum atomic E-state index is 4.86. The highest BCUT2D eigenvalue weighted by molar-refractivity contribution is 5.76. The van der Waals surface area contributed by atoms with Crippen LogP contribution >= 0.6 is 0 Å². The summed E-state index contributed by atoms with van der Waals surface area (Å²) in [5.74, 6) is 1.03. The van der Waals surface area contributed by atoms with E-state index >= 15 is 0 Å². The van der Waals surface area contributed by atoms with Gasteiger partial charge in [-0.2, -0.15) is 0 Å². The summed E-state index contributed by atoms with van der Waals surface area (Å²) in [5, 5.41) is 3.57. The Bertz CT molecular complexity index is 956. The summed E-state index contributed by atoms with van der Waals surface area (Å²) in [6.07, 6.45) is 2.08. The summed E-state index contributed by atoms with van der Waals surface area (Å²) >= 11 is 0. The van der Waals surface area contributed by atoms with Crippen LogP contribution in [0.25, 0.3) is 16.9 Å². The predicted octanol–water partition coefficient (Wildman–Crippen LogP) is 4.92. The minimum Gasteiger partial charge on any atom is -0.365 e. The number of hydrogen-bond donors (Lipinski definition) is 1. The molecule has 0 aliphatic heterocycles. The van der Waals surface area contributed by atoms with E-state index in [0.717, 1.165) is 29.3 Å². The molecular formula is C21H19N3. The summed E-state index contributed by atoms with van der Waals surface area (Å²) < 4.78 is 2.12. The monoisotopic (exact) mass is 313 g/mol. The maximum Gasteiger partial charge on any atom is 0.139 e. The molecule has 4 rings (SSSR count). The van der Waals surface area contributed by atoms with Crippen molar-refractivity contribution in [3.05, 3.63) is 90.1 Å². The van der Waals surface area contributed by atoms with E-state index in [9.17, 15) is 0 Å². The van der Waals surface area contributed by atoms with Crippen molar-refractivity contribution in [3.63, 3.8) is 0 Å². The zero-order valence-electron chi connectivity index (χ0n) is 13.6. The number of imidazole rings is 1. The molecule has 118 valence electrons. The molecule has 0 bridgehead atoms. The Hall–Kier alpha value is -3.07. The molecule has 0 unspecified atom stereocenters. The number of nitrogens with one attached hydrogen (secondary N) is 1. The average Bonchev–Trinajstić information content (AvgIpc) is 2.99. The topological polar surface area (TPSA) is 29.3 Å². The predicted molar refractivity (Wildman–Crippen MR) is 99.1 cm³/mol. The van der Waals surface area contributed by atoms with Crippen LogP contribution in [0.15, 0.2) is 79.0 Å². The van der Waals surface area contributed by atoms with E-state index in [4.69, 9.17) is 4.98 Å². The van der Waals surface area contributed by atoms with E-state index < -0.39 is 0 Å². The molecule has 3 nitrogen and oxygen atoms in total. The second kappa shape index (κ2) is 6.20. The third-order valence-corrected chi connectivity index (χ3v) is 4.13. The number of aryl methyl sites for hydroxylation is 1. The standard InChI is InChI=1S/C21H19N3/c1-16-12-13-24-19(14-16)23-20(18-10-6-3-7-11-18)21(24)22-15-17-8-4-2-5-9-17/h2-14,22H,15H2,1H3. The fourth-order valence-corrected chi connectivity index (χ4v) is 2.89. The molecule has 2 aromatic heterocycles. The second-order valence-corrected chi connectivity index (χ2v) is 5.95. The van der Waals surface area contributed by atoms with Gasteiger partial charge in [0.15, 0.2) is 0 Å². The highest BCUT2D eigenvalue weighted by Gasteiger charge is 2.13. The van der Waals surface area contributed by atoms with E-state index in [-0.39, 0.29) is 0 Å². The van der Waals surface area contributed by atoms with Crippen molar-refractivity contribution in [1.29, 1.82) is 0 Å².